The van der Waals surface area contributed by atoms with Gasteiger partial charge in [-0.2, -0.15) is 4.98 Å². The van der Waals surface area contributed by atoms with E-state index in [1.807, 2.05) is 0 Å². The third kappa shape index (κ3) is 2.14. The van der Waals surface area contributed by atoms with Crippen molar-refractivity contribution in [3.05, 3.63) is 41.0 Å². The van der Waals surface area contributed by atoms with E-state index in [-0.39, 0.29) is 17.4 Å². The number of anilines is 1. The van der Waals surface area contributed by atoms with Gasteiger partial charge in [-0.15, -0.1) is 0 Å². The van der Waals surface area contributed by atoms with E-state index in [4.69, 9.17) is 4.74 Å². The molecule has 8 heteroatoms. The van der Waals surface area contributed by atoms with Crippen molar-refractivity contribution < 1.29 is 9.66 Å². The largest absolute Gasteiger partial charge is 0.476 e. The summed E-state index contributed by atoms with van der Waals surface area (Å²) in [5.41, 5.74) is 2.45. The summed E-state index contributed by atoms with van der Waals surface area (Å²) in [5, 5.41) is 10.9. The zero-order chi connectivity index (χ0) is 12.3. The Morgan fingerprint density at radius 2 is 2.12 bits per heavy atom. The molecule has 0 amide bonds. The maximum atomic E-state index is 10.9. The van der Waals surface area contributed by atoms with Crippen LogP contribution in [0, 0.1) is 10.1 Å². The fourth-order valence-electron chi connectivity index (χ4n) is 1.29. The first-order valence-electron chi connectivity index (χ1n) is 4.65. The van der Waals surface area contributed by atoms with Gasteiger partial charge in [0.05, 0.1) is 12.0 Å². The highest BCUT2D eigenvalue weighted by atomic mass is 16.6. The minimum absolute atomic E-state index is 0.0676. The molecule has 0 spiro atoms. The summed E-state index contributed by atoms with van der Waals surface area (Å²) in [6.45, 7) is 0. The lowest BCUT2D eigenvalue weighted by Crippen LogP contribution is -2.11. The molecule has 0 saturated heterocycles. The summed E-state index contributed by atoms with van der Waals surface area (Å²) in [5.74, 6) is -0.0160. The first kappa shape index (κ1) is 10.9. The van der Waals surface area contributed by atoms with Gasteiger partial charge in [0.25, 0.3) is 5.88 Å². The van der Waals surface area contributed by atoms with Gasteiger partial charge in [-0.1, -0.05) is 0 Å². The van der Waals surface area contributed by atoms with Crippen LogP contribution in [-0.4, -0.2) is 26.7 Å². The van der Waals surface area contributed by atoms with Crippen LogP contribution >= 0.6 is 0 Å². The van der Waals surface area contributed by atoms with Crippen LogP contribution in [0.25, 0.3) is 0 Å². The molecule has 8 nitrogen and oxygen atoms in total. The number of nitrogens with one attached hydrogen (secondary N) is 1. The van der Waals surface area contributed by atoms with Crippen LogP contribution < -0.4 is 10.2 Å². The van der Waals surface area contributed by atoms with Gasteiger partial charge in [0.1, 0.15) is 6.33 Å². The smallest absolute Gasteiger partial charge is 0.374 e. The average molecular weight is 235 g/mol. The molecule has 2 aromatic heterocycles. The molecule has 17 heavy (non-hydrogen) atoms. The predicted octanol–water partition coefficient (Wildman–Crippen LogP) is 1.07. The third-order valence-corrected chi connectivity index (χ3v) is 2.00. The first-order valence-corrected chi connectivity index (χ1v) is 4.65. The van der Waals surface area contributed by atoms with Gasteiger partial charge in [0, 0.05) is 12.4 Å². The molecule has 0 saturated carbocycles. The Balaban J connectivity index is 2.42. The predicted molar refractivity (Wildman–Crippen MR) is 58.7 cm³/mol. The first-order chi connectivity index (χ1) is 8.22. The maximum absolute atomic E-state index is 10.9. The van der Waals surface area contributed by atoms with Crippen LogP contribution in [-0.2, 0) is 0 Å². The van der Waals surface area contributed by atoms with Crippen molar-refractivity contribution in [2.75, 3.05) is 12.5 Å². The van der Waals surface area contributed by atoms with Crippen LogP contribution in [0.4, 0.5) is 11.5 Å². The summed E-state index contributed by atoms with van der Waals surface area (Å²) < 4.78 is 6.36. The molecule has 0 bridgehead atoms. The molecule has 0 fully saturated rings. The molecule has 88 valence electrons. The topological polar surface area (TPSA) is 95.1 Å². The molecule has 0 radical (unpaired) electrons. The molecule has 2 heterocycles. The fraction of sp³-hybridized carbons (Fsp3) is 0.111. The number of rotatable bonds is 4. The van der Waals surface area contributed by atoms with E-state index in [1.54, 1.807) is 24.5 Å². The Labute approximate surface area is 96.0 Å². The number of aromatic nitrogens is 3. The molecule has 1 N–H and O–H groups in total. The Bertz CT molecular complexity index is 525. The lowest BCUT2D eigenvalue weighted by molar-refractivity contribution is -0.385. The SMILES string of the molecule is COc1ncnc(Nn2cccc2)c1[N+](=O)[O-]. The molecule has 0 aliphatic rings. The van der Waals surface area contributed by atoms with Crippen LogP contribution in [0.5, 0.6) is 5.88 Å². The molecule has 0 aromatic carbocycles. The second-order valence-electron chi connectivity index (χ2n) is 3.04. The van der Waals surface area contributed by atoms with E-state index in [1.165, 1.54) is 18.1 Å². The fourth-order valence-corrected chi connectivity index (χ4v) is 1.29. The Hall–Kier alpha value is -2.64. The van der Waals surface area contributed by atoms with Crippen molar-refractivity contribution in [2.24, 2.45) is 0 Å². The zero-order valence-corrected chi connectivity index (χ0v) is 8.90. The van der Waals surface area contributed by atoms with Crippen LogP contribution in [0.1, 0.15) is 0 Å². The summed E-state index contributed by atoms with van der Waals surface area (Å²) in [4.78, 5) is 17.8. The van der Waals surface area contributed by atoms with Crippen molar-refractivity contribution in [1.29, 1.82) is 0 Å². The van der Waals surface area contributed by atoms with Crippen molar-refractivity contribution >= 4 is 11.5 Å². The molecule has 0 atom stereocenters. The minimum Gasteiger partial charge on any atom is -0.476 e. The van der Waals surface area contributed by atoms with E-state index >= 15 is 0 Å². The molecule has 0 aliphatic carbocycles. The lowest BCUT2D eigenvalue weighted by atomic mass is 10.4. The van der Waals surface area contributed by atoms with Crippen LogP contribution in [0.3, 0.4) is 0 Å². The summed E-state index contributed by atoms with van der Waals surface area (Å²) in [7, 11) is 1.31. The molecule has 2 aromatic rings. The van der Waals surface area contributed by atoms with Gasteiger partial charge >= 0.3 is 5.69 Å². The second kappa shape index (κ2) is 4.47. The normalized spacial score (nSPS) is 9.94. The number of ether oxygens (including phenoxy) is 1. The van der Waals surface area contributed by atoms with Crippen molar-refractivity contribution in [3.8, 4) is 5.88 Å². The van der Waals surface area contributed by atoms with Gasteiger partial charge in [0.15, 0.2) is 0 Å². The quantitative estimate of drug-likeness (QED) is 0.629. The monoisotopic (exact) mass is 235 g/mol. The minimum atomic E-state index is -0.593. The highest BCUT2D eigenvalue weighted by molar-refractivity contribution is 5.60. The summed E-state index contributed by atoms with van der Waals surface area (Å²) >= 11 is 0. The summed E-state index contributed by atoms with van der Waals surface area (Å²) in [6, 6.07) is 3.55. The standard InChI is InChI=1S/C9H9N5O3/c1-17-9-7(14(15)16)8(10-6-11-9)12-13-4-2-3-5-13/h2-6H,1H3,(H,10,11,12). The molecule has 0 aliphatic heterocycles. The number of nitro groups is 1. The van der Waals surface area contributed by atoms with E-state index in [0.29, 0.717) is 0 Å². The number of hydrogen-bond donors (Lipinski definition) is 1. The molecular formula is C9H9N5O3. The highest BCUT2D eigenvalue weighted by Crippen LogP contribution is 2.30. The van der Waals surface area contributed by atoms with Crippen molar-refractivity contribution in [3.63, 3.8) is 0 Å². The van der Waals surface area contributed by atoms with E-state index in [2.05, 4.69) is 15.4 Å². The van der Waals surface area contributed by atoms with Crippen LogP contribution in [0.15, 0.2) is 30.9 Å². The second-order valence-corrected chi connectivity index (χ2v) is 3.04. The van der Waals surface area contributed by atoms with Crippen molar-refractivity contribution in [1.82, 2.24) is 14.6 Å². The number of hydrogen-bond acceptors (Lipinski definition) is 6. The maximum Gasteiger partial charge on any atom is 0.374 e. The molecule has 0 unspecified atom stereocenters. The summed E-state index contributed by atoms with van der Waals surface area (Å²) in [6.07, 6.45) is 4.58. The van der Waals surface area contributed by atoms with E-state index in [0.717, 1.165) is 0 Å². The van der Waals surface area contributed by atoms with Gasteiger partial charge in [-0.05, 0) is 12.1 Å². The Morgan fingerprint density at radius 1 is 1.41 bits per heavy atom. The van der Waals surface area contributed by atoms with Gasteiger partial charge in [0.2, 0.25) is 5.82 Å². The highest BCUT2D eigenvalue weighted by Gasteiger charge is 2.23. The molecular weight excluding hydrogens is 226 g/mol. The Morgan fingerprint density at radius 3 is 2.71 bits per heavy atom. The number of nitrogens with zero attached hydrogens (tertiary/aromatic N) is 4. The van der Waals surface area contributed by atoms with Gasteiger partial charge in [-0.25, -0.2) is 4.98 Å². The lowest BCUT2D eigenvalue weighted by Gasteiger charge is -2.07. The Kier molecular flexibility index (Phi) is 2.86. The van der Waals surface area contributed by atoms with Crippen molar-refractivity contribution in [2.45, 2.75) is 0 Å². The number of methoxy groups -OCH3 is 1. The molecule has 2 rings (SSSR count). The third-order valence-electron chi connectivity index (χ3n) is 2.00. The van der Waals surface area contributed by atoms with E-state index in [9.17, 15) is 10.1 Å². The van der Waals surface area contributed by atoms with Gasteiger partial charge < -0.3 is 4.74 Å². The van der Waals surface area contributed by atoms with Crippen LogP contribution in [0.2, 0.25) is 0 Å². The van der Waals surface area contributed by atoms with Gasteiger partial charge in [-0.3, -0.25) is 20.2 Å². The zero-order valence-electron chi connectivity index (χ0n) is 8.90. The van der Waals surface area contributed by atoms with E-state index < -0.39 is 4.92 Å². The average Bonchev–Trinajstić information content (AvgIpc) is 2.81.